The Morgan fingerprint density at radius 3 is 2.17 bits per heavy atom. The number of benzene rings is 2. The number of methoxy groups -OCH3 is 1. The predicted octanol–water partition coefficient (Wildman–Crippen LogP) is 4.30. The summed E-state index contributed by atoms with van der Waals surface area (Å²) in [6, 6.07) is 17.7. The molecule has 2 heteroatoms. The van der Waals surface area contributed by atoms with Crippen molar-refractivity contribution in [2.24, 2.45) is 0 Å². The largest absolute Gasteiger partial charge is 0.497 e. The van der Waals surface area contributed by atoms with Crippen LogP contribution in [-0.4, -0.2) is 7.11 Å². The summed E-state index contributed by atoms with van der Waals surface area (Å²) in [5.41, 5.74) is 1.16. The first-order chi connectivity index (χ1) is 8.88. The zero-order chi connectivity index (χ0) is 13.2. The molecule has 0 fully saturated rings. The number of ether oxygens (including phenoxy) is 2. The van der Waals surface area contributed by atoms with Crippen LogP contribution in [0.3, 0.4) is 0 Å². The molecule has 2 rings (SSSR count). The molecule has 0 aliphatic rings. The smallest absolute Gasteiger partial charge is 0.123 e. The van der Waals surface area contributed by atoms with Crippen molar-refractivity contribution in [2.75, 3.05) is 7.11 Å². The lowest BCUT2D eigenvalue weighted by atomic mass is 10.2. The summed E-state index contributed by atoms with van der Waals surface area (Å²) in [5, 5.41) is 0. The van der Waals surface area contributed by atoms with Gasteiger partial charge in [0.25, 0.3) is 0 Å². The number of hydrogen-bond acceptors (Lipinski definition) is 2. The van der Waals surface area contributed by atoms with Crippen LogP contribution in [0.5, 0.6) is 11.5 Å². The molecule has 0 heterocycles. The van der Waals surface area contributed by atoms with Crippen molar-refractivity contribution in [1.29, 1.82) is 0 Å². The molecule has 0 bridgehead atoms. The van der Waals surface area contributed by atoms with E-state index in [2.05, 4.69) is 0 Å². The fourth-order valence-electron chi connectivity index (χ4n) is 1.43. The van der Waals surface area contributed by atoms with Gasteiger partial charge in [-0.1, -0.05) is 50.2 Å². The van der Waals surface area contributed by atoms with Crippen LogP contribution in [0.15, 0.2) is 54.6 Å². The Kier molecular flexibility index (Phi) is 6.41. The molecule has 0 N–H and O–H groups in total. The molecule has 0 amide bonds. The summed E-state index contributed by atoms with van der Waals surface area (Å²) in [4.78, 5) is 0. The molecule has 0 unspecified atom stereocenters. The molecule has 0 atom stereocenters. The molecule has 0 saturated carbocycles. The van der Waals surface area contributed by atoms with E-state index in [4.69, 9.17) is 9.47 Å². The van der Waals surface area contributed by atoms with Crippen LogP contribution in [0.25, 0.3) is 0 Å². The molecule has 96 valence electrons. The average molecular weight is 244 g/mol. The van der Waals surface area contributed by atoms with Gasteiger partial charge in [0.05, 0.1) is 7.11 Å². The molecule has 0 spiro atoms. The third kappa shape index (κ3) is 4.50. The van der Waals surface area contributed by atoms with Crippen molar-refractivity contribution in [3.05, 3.63) is 60.2 Å². The third-order valence-corrected chi connectivity index (χ3v) is 2.29. The Hall–Kier alpha value is -1.96. The molecule has 0 aliphatic heterocycles. The van der Waals surface area contributed by atoms with Crippen molar-refractivity contribution >= 4 is 0 Å². The van der Waals surface area contributed by atoms with Crippen molar-refractivity contribution in [1.82, 2.24) is 0 Å². The first kappa shape index (κ1) is 14.1. The van der Waals surface area contributed by atoms with Crippen molar-refractivity contribution in [2.45, 2.75) is 20.5 Å². The van der Waals surface area contributed by atoms with E-state index in [1.165, 1.54) is 0 Å². The van der Waals surface area contributed by atoms with Gasteiger partial charge in [-0.2, -0.15) is 0 Å². The summed E-state index contributed by atoms with van der Waals surface area (Å²) in [7, 11) is 1.65. The van der Waals surface area contributed by atoms with E-state index in [1.807, 2.05) is 68.4 Å². The predicted molar refractivity (Wildman–Crippen MR) is 75.1 cm³/mol. The third-order valence-electron chi connectivity index (χ3n) is 2.29. The minimum Gasteiger partial charge on any atom is -0.497 e. The quantitative estimate of drug-likeness (QED) is 0.798. The van der Waals surface area contributed by atoms with Crippen LogP contribution < -0.4 is 9.47 Å². The van der Waals surface area contributed by atoms with Gasteiger partial charge in [0.2, 0.25) is 0 Å². The van der Waals surface area contributed by atoms with Crippen LogP contribution in [0.2, 0.25) is 0 Å². The fraction of sp³-hybridized carbons (Fsp3) is 0.250. The average Bonchev–Trinajstić information content (AvgIpc) is 2.48. The van der Waals surface area contributed by atoms with Crippen LogP contribution in [0.4, 0.5) is 0 Å². The Balaban J connectivity index is 0.000000771. The summed E-state index contributed by atoms with van der Waals surface area (Å²) in [6.45, 7) is 4.58. The second kappa shape index (κ2) is 8.18. The summed E-state index contributed by atoms with van der Waals surface area (Å²) in [5.74, 6) is 1.63. The molecule has 0 saturated heterocycles. The monoisotopic (exact) mass is 244 g/mol. The van der Waals surface area contributed by atoms with E-state index in [9.17, 15) is 0 Å². The van der Waals surface area contributed by atoms with Gasteiger partial charge < -0.3 is 9.47 Å². The van der Waals surface area contributed by atoms with Crippen LogP contribution >= 0.6 is 0 Å². The maximum Gasteiger partial charge on any atom is 0.123 e. The SMILES string of the molecule is CC.COc1cccc(OCc2ccccc2)c1. The Bertz CT molecular complexity index is 438. The molecule has 0 aliphatic carbocycles. The molecule has 18 heavy (non-hydrogen) atoms. The van der Waals surface area contributed by atoms with E-state index in [0.29, 0.717) is 6.61 Å². The second-order valence-corrected chi connectivity index (χ2v) is 3.45. The minimum atomic E-state index is 0.577. The van der Waals surface area contributed by atoms with E-state index in [-0.39, 0.29) is 0 Å². The van der Waals surface area contributed by atoms with Gasteiger partial charge in [0, 0.05) is 6.07 Å². The normalized spacial score (nSPS) is 9.06. The van der Waals surface area contributed by atoms with E-state index < -0.39 is 0 Å². The number of hydrogen-bond donors (Lipinski definition) is 0. The topological polar surface area (TPSA) is 18.5 Å². The molecule has 2 aromatic carbocycles. The highest BCUT2D eigenvalue weighted by molar-refractivity contribution is 5.33. The highest BCUT2D eigenvalue weighted by atomic mass is 16.5. The molecular formula is C16H20O2. The van der Waals surface area contributed by atoms with E-state index in [1.54, 1.807) is 7.11 Å². The van der Waals surface area contributed by atoms with Gasteiger partial charge in [-0.05, 0) is 17.7 Å². The summed E-state index contributed by atoms with van der Waals surface area (Å²) >= 11 is 0. The standard InChI is InChI=1S/C14H14O2.C2H6/c1-15-13-8-5-9-14(10-13)16-11-12-6-3-2-4-7-12;1-2/h2-10H,11H2,1H3;1-2H3. The lowest BCUT2D eigenvalue weighted by Crippen LogP contribution is -1.95. The summed E-state index contributed by atoms with van der Waals surface area (Å²) in [6.07, 6.45) is 0. The first-order valence-corrected chi connectivity index (χ1v) is 6.19. The van der Waals surface area contributed by atoms with Crippen molar-refractivity contribution in [3.63, 3.8) is 0 Å². The minimum absolute atomic E-state index is 0.577. The zero-order valence-corrected chi connectivity index (χ0v) is 11.2. The maximum absolute atomic E-state index is 5.65. The Morgan fingerprint density at radius 1 is 0.833 bits per heavy atom. The maximum atomic E-state index is 5.65. The van der Waals surface area contributed by atoms with Gasteiger partial charge in [-0.3, -0.25) is 0 Å². The Morgan fingerprint density at radius 2 is 1.50 bits per heavy atom. The van der Waals surface area contributed by atoms with Crippen molar-refractivity contribution < 1.29 is 9.47 Å². The van der Waals surface area contributed by atoms with Gasteiger partial charge >= 0.3 is 0 Å². The zero-order valence-electron chi connectivity index (χ0n) is 11.2. The van der Waals surface area contributed by atoms with E-state index in [0.717, 1.165) is 17.1 Å². The molecule has 0 aromatic heterocycles. The fourth-order valence-corrected chi connectivity index (χ4v) is 1.43. The van der Waals surface area contributed by atoms with Crippen LogP contribution in [0.1, 0.15) is 19.4 Å². The van der Waals surface area contributed by atoms with Crippen LogP contribution in [0, 0.1) is 0 Å². The lowest BCUT2D eigenvalue weighted by Gasteiger charge is -2.07. The highest BCUT2D eigenvalue weighted by Crippen LogP contribution is 2.19. The number of rotatable bonds is 4. The molecule has 2 aromatic rings. The Labute approximate surface area is 109 Å². The highest BCUT2D eigenvalue weighted by Gasteiger charge is 1.97. The lowest BCUT2D eigenvalue weighted by molar-refractivity contribution is 0.303. The second-order valence-electron chi connectivity index (χ2n) is 3.45. The van der Waals surface area contributed by atoms with Gasteiger partial charge in [-0.25, -0.2) is 0 Å². The van der Waals surface area contributed by atoms with Crippen LogP contribution in [-0.2, 0) is 6.61 Å². The summed E-state index contributed by atoms with van der Waals surface area (Å²) < 4.78 is 10.8. The molecular weight excluding hydrogens is 224 g/mol. The van der Waals surface area contributed by atoms with Gasteiger partial charge in [-0.15, -0.1) is 0 Å². The van der Waals surface area contributed by atoms with Crippen molar-refractivity contribution in [3.8, 4) is 11.5 Å². The van der Waals surface area contributed by atoms with Gasteiger partial charge in [0.1, 0.15) is 18.1 Å². The van der Waals surface area contributed by atoms with E-state index >= 15 is 0 Å². The molecule has 0 radical (unpaired) electrons. The van der Waals surface area contributed by atoms with Gasteiger partial charge in [0.15, 0.2) is 0 Å². The first-order valence-electron chi connectivity index (χ1n) is 6.19. The molecule has 2 nitrogen and oxygen atoms in total.